The lowest BCUT2D eigenvalue weighted by Gasteiger charge is -2.23. The Morgan fingerprint density at radius 2 is 1.85 bits per heavy atom. The van der Waals surface area contributed by atoms with Crippen LogP contribution in [0.15, 0.2) is 36.9 Å². The Bertz CT molecular complexity index is 282. The molecule has 0 radical (unpaired) electrons. The Hall–Kier alpha value is -0.750. The highest BCUT2D eigenvalue weighted by molar-refractivity contribution is 6.30. The lowest BCUT2D eigenvalue weighted by Crippen LogP contribution is -2.15. The van der Waals surface area contributed by atoms with Crippen LogP contribution < -0.4 is 0 Å². The highest BCUT2D eigenvalue weighted by atomic mass is 35.5. The molecule has 0 saturated heterocycles. The summed E-state index contributed by atoms with van der Waals surface area (Å²) in [4.78, 5) is 0. The van der Waals surface area contributed by atoms with Crippen molar-refractivity contribution < 1.29 is 0 Å². The fourth-order valence-electron chi connectivity index (χ4n) is 1.38. The van der Waals surface area contributed by atoms with Gasteiger partial charge in [0.25, 0.3) is 0 Å². The number of allylic oxidation sites excluding steroid dienone is 1. The van der Waals surface area contributed by atoms with Crippen molar-refractivity contribution in [3.8, 4) is 0 Å². The summed E-state index contributed by atoms with van der Waals surface area (Å²) >= 11 is 5.82. The largest absolute Gasteiger partial charge is 0.103 e. The van der Waals surface area contributed by atoms with Crippen molar-refractivity contribution in [2.24, 2.45) is 0 Å². The van der Waals surface area contributed by atoms with Gasteiger partial charge < -0.3 is 0 Å². The SMILES string of the molecule is C=CCC(C)(C)c1ccc(Cl)cc1. The van der Waals surface area contributed by atoms with E-state index in [0.29, 0.717) is 0 Å². The topological polar surface area (TPSA) is 0 Å². The minimum Gasteiger partial charge on any atom is -0.103 e. The summed E-state index contributed by atoms with van der Waals surface area (Å²) in [7, 11) is 0. The minimum absolute atomic E-state index is 0.159. The summed E-state index contributed by atoms with van der Waals surface area (Å²) in [5.74, 6) is 0. The van der Waals surface area contributed by atoms with E-state index in [0.717, 1.165) is 11.4 Å². The van der Waals surface area contributed by atoms with Gasteiger partial charge in [-0.1, -0.05) is 43.7 Å². The zero-order valence-corrected chi connectivity index (χ0v) is 8.93. The molecular weight excluding hydrogens is 180 g/mol. The standard InChI is InChI=1S/C12H15Cl/c1-4-9-12(2,3)10-5-7-11(13)8-6-10/h4-8H,1,9H2,2-3H3. The molecule has 0 heterocycles. The van der Waals surface area contributed by atoms with E-state index in [1.165, 1.54) is 5.56 Å². The quantitative estimate of drug-likeness (QED) is 0.633. The normalized spacial score (nSPS) is 11.3. The molecule has 0 amide bonds. The first kappa shape index (κ1) is 10.3. The van der Waals surface area contributed by atoms with Gasteiger partial charge in [-0.25, -0.2) is 0 Å². The second-order valence-electron chi connectivity index (χ2n) is 3.88. The lowest BCUT2D eigenvalue weighted by atomic mass is 9.82. The first-order valence-electron chi connectivity index (χ1n) is 4.43. The van der Waals surface area contributed by atoms with Gasteiger partial charge in [0, 0.05) is 5.02 Å². The Morgan fingerprint density at radius 1 is 1.31 bits per heavy atom. The summed E-state index contributed by atoms with van der Waals surface area (Å²) in [6.45, 7) is 8.18. The third kappa shape index (κ3) is 2.60. The van der Waals surface area contributed by atoms with Gasteiger partial charge in [0.2, 0.25) is 0 Å². The van der Waals surface area contributed by atoms with E-state index in [4.69, 9.17) is 11.6 Å². The smallest absolute Gasteiger partial charge is 0.0406 e. The van der Waals surface area contributed by atoms with Gasteiger partial charge in [0.05, 0.1) is 0 Å². The Morgan fingerprint density at radius 3 is 2.31 bits per heavy atom. The predicted molar refractivity (Wildman–Crippen MR) is 59.3 cm³/mol. The number of halogens is 1. The molecule has 1 aromatic rings. The van der Waals surface area contributed by atoms with Gasteiger partial charge in [-0.2, -0.15) is 0 Å². The van der Waals surface area contributed by atoms with Gasteiger partial charge in [0.1, 0.15) is 0 Å². The Labute approximate surface area is 85.2 Å². The van der Waals surface area contributed by atoms with E-state index < -0.39 is 0 Å². The zero-order valence-electron chi connectivity index (χ0n) is 8.18. The van der Waals surface area contributed by atoms with Crippen LogP contribution in [0, 0.1) is 0 Å². The van der Waals surface area contributed by atoms with Gasteiger partial charge in [-0.3, -0.25) is 0 Å². The molecule has 0 aliphatic carbocycles. The lowest BCUT2D eigenvalue weighted by molar-refractivity contribution is 0.534. The van der Waals surface area contributed by atoms with Gasteiger partial charge in [-0.05, 0) is 29.5 Å². The third-order valence-corrected chi connectivity index (χ3v) is 2.53. The molecule has 1 heteroatoms. The summed E-state index contributed by atoms with van der Waals surface area (Å²) in [5, 5.41) is 0.790. The van der Waals surface area contributed by atoms with Gasteiger partial charge in [-0.15, -0.1) is 6.58 Å². The molecule has 0 aliphatic heterocycles. The Kier molecular flexibility index (Phi) is 3.16. The number of hydrogen-bond donors (Lipinski definition) is 0. The predicted octanol–water partition coefficient (Wildman–Crippen LogP) is 4.19. The molecule has 70 valence electrons. The van der Waals surface area contributed by atoms with Crippen molar-refractivity contribution in [1.29, 1.82) is 0 Å². The number of rotatable bonds is 3. The average Bonchev–Trinajstić information content (AvgIpc) is 2.05. The summed E-state index contributed by atoms with van der Waals surface area (Å²) in [6, 6.07) is 8.02. The highest BCUT2D eigenvalue weighted by Gasteiger charge is 2.17. The van der Waals surface area contributed by atoms with E-state index >= 15 is 0 Å². The second kappa shape index (κ2) is 3.97. The molecule has 0 spiro atoms. The van der Waals surface area contributed by atoms with E-state index in [2.05, 4.69) is 32.6 Å². The third-order valence-electron chi connectivity index (χ3n) is 2.28. The van der Waals surface area contributed by atoms with Crippen molar-refractivity contribution in [3.05, 3.63) is 47.5 Å². The average molecular weight is 195 g/mol. The molecule has 1 rings (SSSR count). The van der Waals surface area contributed by atoms with E-state index in [1.807, 2.05) is 18.2 Å². The van der Waals surface area contributed by atoms with Crippen LogP contribution in [0.1, 0.15) is 25.8 Å². The molecule has 0 aliphatic rings. The van der Waals surface area contributed by atoms with Crippen LogP contribution in [0.5, 0.6) is 0 Å². The van der Waals surface area contributed by atoms with Gasteiger partial charge >= 0.3 is 0 Å². The first-order valence-corrected chi connectivity index (χ1v) is 4.81. The second-order valence-corrected chi connectivity index (χ2v) is 4.32. The van der Waals surface area contributed by atoms with E-state index in [9.17, 15) is 0 Å². The molecule has 0 atom stereocenters. The maximum absolute atomic E-state index is 5.82. The number of benzene rings is 1. The molecular formula is C12H15Cl. The first-order chi connectivity index (χ1) is 6.06. The maximum atomic E-state index is 5.82. The fourth-order valence-corrected chi connectivity index (χ4v) is 1.51. The molecule has 1 aromatic carbocycles. The van der Waals surface area contributed by atoms with Crippen molar-refractivity contribution in [3.63, 3.8) is 0 Å². The van der Waals surface area contributed by atoms with Crippen LogP contribution in [-0.2, 0) is 5.41 Å². The van der Waals surface area contributed by atoms with E-state index in [-0.39, 0.29) is 5.41 Å². The van der Waals surface area contributed by atoms with Crippen molar-refractivity contribution in [2.75, 3.05) is 0 Å². The highest BCUT2D eigenvalue weighted by Crippen LogP contribution is 2.27. The van der Waals surface area contributed by atoms with Crippen LogP contribution in [0.4, 0.5) is 0 Å². The summed E-state index contributed by atoms with van der Waals surface area (Å²) < 4.78 is 0. The molecule has 0 fully saturated rings. The Balaban J connectivity index is 2.93. The minimum atomic E-state index is 0.159. The fraction of sp³-hybridized carbons (Fsp3) is 0.333. The molecule has 0 N–H and O–H groups in total. The van der Waals surface area contributed by atoms with Crippen molar-refractivity contribution >= 4 is 11.6 Å². The molecule has 0 saturated carbocycles. The monoisotopic (exact) mass is 194 g/mol. The molecule has 0 unspecified atom stereocenters. The van der Waals surface area contributed by atoms with Crippen LogP contribution in [0.25, 0.3) is 0 Å². The van der Waals surface area contributed by atoms with Crippen LogP contribution in [-0.4, -0.2) is 0 Å². The number of hydrogen-bond acceptors (Lipinski definition) is 0. The van der Waals surface area contributed by atoms with Crippen LogP contribution in [0.3, 0.4) is 0 Å². The summed E-state index contributed by atoms with van der Waals surface area (Å²) in [5.41, 5.74) is 1.46. The van der Waals surface area contributed by atoms with Crippen molar-refractivity contribution in [2.45, 2.75) is 25.7 Å². The zero-order chi connectivity index (χ0) is 9.90. The van der Waals surface area contributed by atoms with Gasteiger partial charge in [0.15, 0.2) is 0 Å². The van der Waals surface area contributed by atoms with Crippen LogP contribution >= 0.6 is 11.6 Å². The summed E-state index contributed by atoms with van der Waals surface area (Å²) in [6.07, 6.45) is 2.93. The maximum Gasteiger partial charge on any atom is 0.0406 e. The van der Waals surface area contributed by atoms with E-state index in [1.54, 1.807) is 0 Å². The van der Waals surface area contributed by atoms with Crippen molar-refractivity contribution in [1.82, 2.24) is 0 Å². The van der Waals surface area contributed by atoms with Crippen LogP contribution in [0.2, 0.25) is 5.02 Å². The molecule has 0 aromatic heterocycles. The molecule has 0 nitrogen and oxygen atoms in total. The molecule has 13 heavy (non-hydrogen) atoms. The molecule has 0 bridgehead atoms.